The Hall–Kier alpha value is -5.93. The molecule has 0 bridgehead atoms. The number of ether oxygens (including phenoxy) is 2. The summed E-state index contributed by atoms with van der Waals surface area (Å²) in [5, 5.41) is 14.5. The third kappa shape index (κ3) is 11.3. The van der Waals surface area contributed by atoms with Crippen LogP contribution < -0.4 is 19.7 Å². The van der Waals surface area contributed by atoms with Crippen molar-refractivity contribution in [1.82, 2.24) is 40.3 Å². The summed E-state index contributed by atoms with van der Waals surface area (Å²) in [6, 6.07) is 24.0. The molecule has 0 unspecified atom stereocenters. The molecule has 0 aromatic carbocycles. The summed E-state index contributed by atoms with van der Waals surface area (Å²) in [6.07, 6.45) is 3.03. The molecule has 0 saturated carbocycles. The van der Waals surface area contributed by atoms with Gasteiger partial charge >= 0.3 is 25.7 Å². The van der Waals surface area contributed by atoms with E-state index in [1.165, 1.54) is 36.8 Å². The summed E-state index contributed by atoms with van der Waals surface area (Å²) in [4.78, 5) is 42.3. The van der Waals surface area contributed by atoms with E-state index in [0.717, 1.165) is 28.8 Å². The standard InChI is InChI=1S/C27H25N3O4S.C13H8F3N5.Ru/c1-2-3-4-5-7-21-10-11-27(35-21)23-9-6-8-22(29-23)25-15-20(34-18-32)16-26(30-25)24-14-19(33-17-31)12-13-28-24;1-7-5-10(19-18-7)8-3-2-4-9(17-8)11-6-12(21-20-11)13(14,15)16;/h6,8-18H,2-5,7H2,1H3;2-6H,1H3;/q;-2;+2. The molecule has 0 aliphatic rings. The normalized spacial score (nSPS) is 10.9. The molecule has 0 atom stereocenters. The SMILES string of the molecule is CCCCCCc1ccc(-c2cccc(-c3cc(OC=O)cc(-c4cc(OC=O)ccn4)n3)n2)s1.Cc1cc(-c2cccc(-c3cc(C(F)(F)F)n[n-]3)n2)[n-]n1.[Ru+2]. The molecule has 0 fully saturated rings. The van der Waals surface area contributed by atoms with Crippen LogP contribution in [0.4, 0.5) is 13.2 Å². The smallest absolute Gasteiger partial charge is 0.574 e. The minimum absolute atomic E-state index is 0. The van der Waals surface area contributed by atoms with E-state index >= 15 is 0 Å². The second-order valence-electron chi connectivity index (χ2n) is 12.3. The van der Waals surface area contributed by atoms with Gasteiger partial charge < -0.3 is 29.9 Å². The van der Waals surface area contributed by atoms with Crippen molar-refractivity contribution in [3.63, 3.8) is 0 Å². The average molecular weight is 880 g/mol. The maximum atomic E-state index is 12.5. The van der Waals surface area contributed by atoms with Gasteiger partial charge in [0.15, 0.2) is 0 Å². The predicted octanol–water partition coefficient (Wildman–Crippen LogP) is 8.57. The molecule has 0 spiro atoms. The van der Waals surface area contributed by atoms with Crippen LogP contribution in [-0.2, 0) is 41.7 Å². The van der Waals surface area contributed by atoms with E-state index < -0.39 is 11.9 Å². The first kappa shape index (κ1) is 42.2. The number of alkyl halides is 3. The number of rotatable bonds is 14. The van der Waals surface area contributed by atoms with Crippen LogP contribution in [0.25, 0.3) is 56.1 Å². The zero-order valence-electron chi connectivity index (χ0n) is 30.5. The summed E-state index contributed by atoms with van der Waals surface area (Å²) >= 11 is 1.76. The quantitative estimate of drug-likeness (QED) is 0.0583. The number of halogens is 3. The van der Waals surface area contributed by atoms with Gasteiger partial charge in [0.25, 0.3) is 12.9 Å². The van der Waals surface area contributed by atoms with Gasteiger partial charge in [-0.3, -0.25) is 19.6 Å². The molecule has 0 amide bonds. The van der Waals surface area contributed by atoms with Crippen LogP contribution >= 0.6 is 11.3 Å². The number of hydrogen-bond donors (Lipinski definition) is 0. The molecule has 7 aromatic rings. The van der Waals surface area contributed by atoms with Crippen LogP contribution in [0.3, 0.4) is 0 Å². The minimum Gasteiger partial charge on any atom is -0.574 e. The maximum Gasteiger partial charge on any atom is 2.00 e. The molecule has 0 aliphatic carbocycles. The Labute approximate surface area is 342 Å². The van der Waals surface area contributed by atoms with Gasteiger partial charge in [0.2, 0.25) is 0 Å². The summed E-state index contributed by atoms with van der Waals surface area (Å²) < 4.78 is 47.6. The fraction of sp³-hybridized carbons (Fsp3) is 0.200. The molecular formula is C40H33F3N8O4RuS. The Bertz CT molecular complexity index is 2420. The molecule has 17 heteroatoms. The third-order valence-corrected chi connectivity index (χ3v) is 9.30. The summed E-state index contributed by atoms with van der Waals surface area (Å²) in [7, 11) is 0. The van der Waals surface area contributed by atoms with E-state index in [1.807, 2.05) is 18.2 Å². The fourth-order valence-electron chi connectivity index (χ4n) is 5.45. The fourth-order valence-corrected chi connectivity index (χ4v) is 6.47. The number of pyridine rings is 4. The monoisotopic (exact) mass is 880 g/mol. The van der Waals surface area contributed by atoms with Gasteiger partial charge in [-0.2, -0.15) is 13.2 Å². The second kappa shape index (κ2) is 19.8. The largest absolute Gasteiger partial charge is 2.00 e. The zero-order valence-corrected chi connectivity index (χ0v) is 33.0. The summed E-state index contributed by atoms with van der Waals surface area (Å²) in [5.41, 5.74) is 4.10. The molecule has 57 heavy (non-hydrogen) atoms. The molecule has 12 nitrogen and oxygen atoms in total. The van der Waals surface area contributed by atoms with Crippen molar-refractivity contribution in [3.05, 3.63) is 107 Å². The number of hydrogen-bond acceptors (Lipinski definition) is 11. The van der Waals surface area contributed by atoms with E-state index in [1.54, 1.807) is 66.8 Å². The van der Waals surface area contributed by atoms with E-state index in [4.69, 9.17) is 19.4 Å². The molecule has 0 N–H and O–H groups in total. The van der Waals surface area contributed by atoms with Crippen LogP contribution in [0.2, 0.25) is 0 Å². The van der Waals surface area contributed by atoms with Crippen molar-refractivity contribution in [2.75, 3.05) is 0 Å². The number of thiophene rings is 1. The molecular weight excluding hydrogens is 847 g/mol. The van der Waals surface area contributed by atoms with Crippen LogP contribution in [0.15, 0.2) is 91.1 Å². The van der Waals surface area contributed by atoms with Crippen molar-refractivity contribution in [2.24, 2.45) is 0 Å². The molecule has 0 radical (unpaired) electrons. The van der Waals surface area contributed by atoms with E-state index in [0.29, 0.717) is 64.3 Å². The minimum atomic E-state index is -4.52. The van der Waals surface area contributed by atoms with Crippen molar-refractivity contribution in [2.45, 2.75) is 52.1 Å². The predicted molar refractivity (Wildman–Crippen MR) is 202 cm³/mol. The molecule has 7 heterocycles. The third-order valence-electron chi connectivity index (χ3n) is 8.13. The first-order valence-corrected chi connectivity index (χ1v) is 18.2. The Morgan fingerprint density at radius 3 is 1.96 bits per heavy atom. The zero-order chi connectivity index (χ0) is 39.5. The van der Waals surface area contributed by atoms with E-state index in [-0.39, 0.29) is 25.2 Å². The number of unbranched alkanes of at least 4 members (excludes halogenated alkanes) is 3. The van der Waals surface area contributed by atoms with E-state index in [9.17, 15) is 22.8 Å². The molecule has 7 aromatic heterocycles. The van der Waals surface area contributed by atoms with Gasteiger partial charge in [0.05, 0.1) is 44.7 Å². The van der Waals surface area contributed by atoms with E-state index in [2.05, 4.69) is 49.4 Å². The van der Waals surface area contributed by atoms with Gasteiger partial charge in [-0.05, 0) is 68.3 Å². The topological polar surface area (TPSA) is 158 Å². The van der Waals surface area contributed by atoms with Crippen LogP contribution in [0.5, 0.6) is 11.5 Å². The Kier molecular flexibility index (Phi) is 14.7. The second-order valence-corrected chi connectivity index (χ2v) is 13.4. The Balaban J connectivity index is 0.000000241. The summed E-state index contributed by atoms with van der Waals surface area (Å²) in [6.45, 7) is 4.72. The van der Waals surface area contributed by atoms with Crippen LogP contribution in [-0.4, -0.2) is 43.1 Å². The Morgan fingerprint density at radius 1 is 0.684 bits per heavy atom. The van der Waals surface area contributed by atoms with Gasteiger partial charge in [-0.15, -0.1) is 11.3 Å². The van der Waals surface area contributed by atoms with Crippen LogP contribution in [0, 0.1) is 6.92 Å². The summed E-state index contributed by atoms with van der Waals surface area (Å²) in [5.74, 6) is 0.638. The molecule has 0 aliphatic heterocycles. The number of aromatic nitrogens is 8. The van der Waals surface area contributed by atoms with Crippen molar-refractivity contribution < 1.29 is 51.7 Å². The number of carbonyl (C=O) groups is 2. The van der Waals surface area contributed by atoms with Crippen LogP contribution in [0.1, 0.15) is 48.9 Å². The number of aryl methyl sites for hydroxylation is 2. The van der Waals surface area contributed by atoms with Gasteiger partial charge in [0, 0.05) is 35.0 Å². The maximum absolute atomic E-state index is 12.5. The van der Waals surface area contributed by atoms with Gasteiger partial charge in [0.1, 0.15) is 17.2 Å². The average Bonchev–Trinajstić information content (AvgIpc) is 3.99. The Morgan fingerprint density at radius 2 is 1.30 bits per heavy atom. The van der Waals surface area contributed by atoms with Crippen molar-refractivity contribution in [3.8, 4) is 67.6 Å². The van der Waals surface area contributed by atoms with Gasteiger partial charge in [-0.1, -0.05) is 55.8 Å². The number of nitrogens with zero attached hydrogens (tertiary/aromatic N) is 8. The first-order chi connectivity index (χ1) is 27.1. The van der Waals surface area contributed by atoms with Gasteiger partial charge in [-0.25, -0.2) is 9.97 Å². The van der Waals surface area contributed by atoms with Crippen molar-refractivity contribution in [1.29, 1.82) is 0 Å². The van der Waals surface area contributed by atoms with Crippen molar-refractivity contribution >= 4 is 24.3 Å². The molecule has 292 valence electrons. The first-order valence-electron chi connectivity index (χ1n) is 17.4. The molecule has 7 rings (SSSR count). The number of carbonyl (C=O) groups excluding carboxylic acids is 2. The molecule has 0 saturated heterocycles.